The van der Waals surface area contributed by atoms with Crippen molar-refractivity contribution in [2.45, 2.75) is 26.4 Å². The summed E-state index contributed by atoms with van der Waals surface area (Å²) in [5.74, 6) is -0.631. The number of carbonyl (C=O) groups is 2. The van der Waals surface area contributed by atoms with Gasteiger partial charge in [0.1, 0.15) is 23.1 Å². The topological polar surface area (TPSA) is 97.7 Å². The Kier molecular flexibility index (Phi) is 8.04. The van der Waals surface area contributed by atoms with Gasteiger partial charge >= 0.3 is 6.09 Å². The molecule has 0 saturated carbocycles. The van der Waals surface area contributed by atoms with Crippen LogP contribution in [0.1, 0.15) is 20.8 Å². The number of nitrogens with zero attached hydrogens (tertiary/aromatic N) is 3. The molecule has 0 spiro atoms. The number of rotatable bonds is 6. The maximum atomic E-state index is 13.1. The van der Waals surface area contributed by atoms with Crippen molar-refractivity contribution in [3.05, 3.63) is 41.9 Å². The Hall–Kier alpha value is -3.28. The number of hydrogen-bond donors (Lipinski definition) is 2. The third-order valence-electron chi connectivity index (χ3n) is 4.29. The van der Waals surface area contributed by atoms with Crippen LogP contribution in [0.4, 0.5) is 14.9 Å². The lowest BCUT2D eigenvalue weighted by atomic mass is 10.2. The highest BCUT2D eigenvalue weighted by atomic mass is 19.1. The summed E-state index contributed by atoms with van der Waals surface area (Å²) in [7, 11) is 0. The van der Waals surface area contributed by atoms with Crippen LogP contribution >= 0.6 is 0 Å². The van der Waals surface area contributed by atoms with Gasteiger partial charge in [-0.1, -0.05) is 0 Å². The van der Waals surface area contributed by atoms with Gasteiger partial charge < -0.3 is 25.2 Å². The van der Waals surface area contributed by atoms with Crippen LogP contribution in [0.15, 0.2) is 36.0 Å². The Morgan fingerprint density at radius 2 is 1.80 bits per heavy atom. The molecule has 1 aromatic carbocycles. The van der Waals surface area contributed by atoms with Crippen LogP contribution < -0.4 is 15.5 Å². The van der Waals surface area contributed by atoms with Crippen molar-refractivity contribution >= 4 is 17.7 Å². The molecule has 30 heavy (non-hydrogen) atoms. The number of piperazine rings is 1. The van der Waals surface area contributed by atoms with Gasteiger partial charge in [-0.25, -0.2) is 9.18 Å². The Bertz CT molecular complexity index is 803. The van der Waals surface area contributed by atoms with E-state index in [0.717, 1.165) is 5.69 Å². The number of benzene rings is 1. The first-order chi connectivity index (χ1) is 14.2. The van der Waals surface area contributed by atoms with Gasteiger partial charge in [0.2, 0.25) is 0 Å². The fourth-order valence-electron chi connectivity index (χ4n) is 2.86. The highest BCUT2D eigenvalue weighted by Crippen LogP contribution is 2.17. The molecule has 9 heteroatoms. The second-order valence-corrected chi connectivity index (χ2v) is 7.81. The molecular formula is C21H28FN5O3. The Balaban J connectivity index is 1.77. The summed E-state index contributed by atoms with van der Waals surface area (Å²) >= 11 is 0. The first-order valence-electron chi connectivity index (χ1n) is 9.80. The van der Waals surface area contributed by atoms with Crippen LogP contribution in [0.5, 0.6) is 0 Å². The van der Waals surface area contributed by atoms with E-state index in [0.29, 0.717) is 32.7 Å². The molecule has 2 rings (SSSR count). The van der Waals surface area contributed by atoms with Gasteiger partial charge in [0.25, 0.3) is 5.91 Å². The summed E-state index contributed by atoms with van der Waals surface area (Å²) in [5, 5.41) is 14.8. The first-order valence-corrected chi connectivity index (χ1v) is 9.80. The summed E-state index contributed by atoms with van der Waals surface area (Å²) in [6, 6.07) is 8.16. The van der Waals surface area contributed by atoms with Crippen molar-refractivity contribution < 1.29 is 18.7 Å². The molecule has 0 unspecified atom stereocenters. The lowest BCUT2D eigenvalue weighted by Gasteiger charge is -2.36. The number of nitriles is 1. The Morgan fingerprint density at radius 1 is 1.17 bits per heavy atom. The van der Waals surface area contributed by atoms with E-state index in [1.807, 2.05) is 6.07 Å². The third-order valence-corrected chi connectivity index (χ3v) is 4.29. The van der Waals surface area contributed by atoms with Crippen LogP contribution in [-0.2, 0) is 9.53 Å². The normalized spacial score (nSPS) is 14.7. The molecule has 0 aromatic heterocycles. The molecule has 162 valence electrons. The molecule has 2 N–H and O–H groups in total. The summed E-state index contributed by atoms with van der Waals surface area (Å²) in [5.41, 5.74) is 0.333. The van der Waals surface area contributed by atoms with Crippen molar-refractivity contribution in [3.63, 3.8) is 0 Å². The van der Waals surface area contributed by atoms with Gasteiger partial charge in [-0.15, -0.1) is 0 Å². The SMILES string of the molecule is CC(C)(C)OC(=O)NCCN/C=C(/C#N)C(=O)N1CCN(c2ccc(F)cc2)CC1. The van der Waals surface area contributed by atoms with Crippen molar-refractivity contribution in [2.24, 2.45) is 0 Å². The van der Waals surface area contributed by atoms with E-state index >= 15 is 0 Å². The number of halogens is 1. The molecule has 1 aliphatic rings. The van der Waals surface area contributed by atoms with Crippen LogP contribution in [0.25, 0.3) is 0 Å². The number of anilines is 1. The molecule has 0 aliphatic carbocycles. The molecule has 1 aromatic rings. The van der Waals surface area contributed by atoms with Crippen LogP contribution in [0, 0.1) is 17.1 Å². The van der Waals surface area contributed by atoms with Crippen molar-refractivity contribution in [1.29, 1.82) is 5.26 Å². The largest absolute Gasteiger partial charge is 0.444 e. The van der Waals surface area contributed by atoms with Crippen LogP contribution in [0.3, 0.4) is 0 Å². The molecule has 1 saturated heterocycles. The average molecular weight is 417 g/mol. The van der Waals surface area contributed by atoms with E-state index in [4.69, 9.17) is 4.74 Å². The van der Waals surface area contributed by atoms with E-state index in [1.165, 1.54) is 18.3 Å². The fourth-order valence-corrected chi connectivity index (χ4v) is 2.86. The van der Waals surface area contributed by atoms with Crippen LogP contribution in [0.2, 0.25) is 0 Å². The molecule has 8 nitrogen and oxygen atoms in total. The van der Waals surface area contributed by atoms with E-state index in [2.05, 4.69) is 15.5 Å². The Morgan fingerprint density at radius 3 is 2.37 bits per heavy atom. The second-order valence-electron chi connectivity index (χ2n) is 7.81. The minimum atomic E-state index is -0.571. The van der Waals surface area contributed by atoms with E-state index in [-0.39, 0.29) is 23.8 Å². The summed E-state index contributed by atoms with van der Waals surface area (Å²) in [4.78, 5) is 27.8. The number of carbonyl (C=O) groups excluding carboxylic acids is 2. The van der Waals surface area contributed by atoms with Gasteiger partial charge in [0.15, 0.2) is 0 Å². The van der Waals surface area contributed by atoms with Crippen molar-refractivity contribution in [2.75, 3.05) is 44.2 Å². The molecule has 2 amide bonds. The minimum Gasteiger partial charge on any atom is -0.444 e. The fraction of sp³-hybridized carbons (Fsp3) is 0.476. The smallest absolute Gasteiger partial charge is 0.407 e. The van der Waals surface area contributed by atoms with E-state index in [9.17, 15) is 19.2 Å². The van der Waals surface area contributed by atoms with E-state index < -0.39 is 11.7 Å². The highest BCUT2D eigenvalue weighted by Gasteiger charge is 2.24. The quantitative estimate of drug-likeness (QED) is 0.417. The zero-order valence-corrected chi connectivity index (χ0v) is 17.6. The predicted molar refractivity (Wildman–Crippen MR) is 111 cm³/mol. The van der Waals surface area contributed by atoms with Crippen molar-refractivity contribution in [3.8, 4) is 6.07 Å². The van der Waals surface area contributed by atoms with Crippen molar-refractivity contribution in [1.82, 2.24) is 15.5 Å². The number of nitrogens with one attached hydrogen (secondary N) is 2. The predicted octanol–water partition coefficient (Wildman–Crippen LogP) is 2.00. The van der Waals surface area contributed by atoms with Gasteiger partial charge in [0.05, 0.1) is 0 Å². The summed E-state index contributed by atoms with van der Waals surface area (Å²) < 4.78 is 18.2. The second kappa shape index (κ2) is 10.5. The van der Waals surface area contributed by atoms with E-state index in [1.54, 1.807) is 37.8 Å². The zero-order valence-electron chi connectivity index (χ0n) is 17.6. The zero-order chi connectivity index (χ0) is 22.1. The highest BCUT2D eigenvalue weighted by molar-refractivity contribution is 5.97. The molecular weight excluding hydrogens is 389 g/mol. The summed E-state index contributed by atoms with van der Waals surface area (Å²) in [6.07, 6.45) is 0.842. The maximum Gasteiger partial charge on any atom is 0.407 e. The maximum absolute atomic E-state index is 13.1. The standard InChI is InChI=1S/C21H28FN5O3/c1-21(2,3)30-20(29)25-9-8-24-15-16(14-23)19(28)27-12-10-26(11-13-27)18-6-4-17(22)5-7-18/h4-7,15,24H,8-13H2,1-3H3,(H,25,29)/b16-15-. The molecule has 0 bridgehead atoms. The lowest BCUT2D eigenvalue weighted by molar-refractivity contribution is -0.127. The Labute approximate surface area is 176 Å². The molecule has 1 aliphatic heterocycles. The molecule has 1 fully saturated rings. The number of hydrogen-bond acceptors (Lipinski definition) is 6. The van der Waals surface area contributed by atoms with Gasteiger partial charge in [-0.2, -0.15) is 5.26 Å². The average Bonchev–Trinajstić information content (AvgIpc) is 2.69. The van der Waals surface area contributed by atoms with Gasteiger partial charge in [-0.05, 0) is 45.0 Å². The number of alkyl carbamates (subject to hydrolysis) is 1. The first kappa shape index (κ1) is 23.0. The minimum absolute atomic E-state index is 0.00232. The molecule has 0 radical (unpaired) electrons. The van der Waals surface area contributed by atoms with Crippen LogP contribution in [-0.4, -0.2) is 61.8 Å². The number of amides is 2. The third kappa shape index (κ3) is 7.28. The lowest BCUT2D eigenvalue weighted by Crippen LogP contribution is -2.49. The van der Waals surface area contributed by atoms with Gasteiger partial charge in [0, 0.05) is 51.2 Å². The molecule has 1 heterocycles. The number of ether oxygens (including phenoxy) is 1. The van der Waals surface area contributed by atoms with Gasteiger partial charge in [-0.3, -0.25) is 4.79 Å². The summed E-state index contributed by atoms with van der Waals surface area (Å²) in [6.45, 7) is 8.09. The molecule has 0 atom stereocenters. The monoisotopic (exact) mass is 417 g/mol.